The second-order valence-electron chi connectivity index (χ2n) is 12.6. The van der Waals surface area contributed by atoms with Gasteiger partial charge in [0.05, 0.1) is 12.4 Å². The molecular weight excluding hydrogens is 550 g/mol. The lowest BCUT2D eigenvalue weighted by molar-refractivity contribution is -0.158. The number of carbonyl (C=O) groups is 3. The predicted octanol–water partition coefficient (Wildman–Crippen LogP) is 2.37. The molecule has 0 bridgehead atoms. The Hall–Kier alpha value is -3.88. The van der Waals surface area contributed by atoms with Gasteiger partial charge in [-0.1, -0.05) is 13.8 Å². The third-order valence-electron chi connectivity index (χ3n) is 5.72. The van der Waals surface area contributed by atoms with Crippen molar-refractivity contribution in [2.75, 3.05) is 30.9 Å². The molecule has 4 N–H and O–H groups in total. The normalized spacial score (nSPS) is 17.5. The van der Waals surface area contributed by atoms with Crippen LogP contribution in [-0.2, 0) is 19.0 Å². The number of aliphatic hydroxyl groups is 1. The Morgan fingerprint density at radius 3 is 2.24 bits per heavy atom. The van der Waals surface area contributed by atoms with Crippen LogP contribution >= 0.6 is 0 Å². The maximum Gasteiger partial charge on any atom is 0.415 e. The van der Waals surface area contributed by atoms with Gasteiger partial charge in [-0.3, -0.25) is 9.69 Å². The molecule has 1 aromatic rings. The number of fused-ring (bicyclic) bond motifs is 1. The second-order valence-corrected chi connectivity index (χ2v) is 12.6. The molecule has 0 saturated carbocycles. The van der Waals surface area contributed by atoms with Crippen LogP contribution in [0.4, 0.5) is 27.0 Å². The molecule has 4 atom stereocenters. The van der Waals surface area contributed by atoms with Gasteiger partial charge in [0.15, 0.2) is 5.69 Å². The molecule has 0 spiro atoms. The lowest BCUT2D eigenvalue weighted by Crippen LogP contribution is -2.59. The van der Waals surface area contributed by atoms with Crippen molar-refractivity contribution < 1.29 is 33.7 Å². The quantitative estimate of drug-likeness (QED) is 0.149. The van der Waals surface area contributed by atoms with Crippen LogP contribution in [0.2, 0.25) is 0 Å². The van der Waals surface area contributed by atoms with E-state index in [2.05, 4.69) is 25.6 Å². The van der Waals surface area contributed by atoms with Crippen molar-refractivity contribution in [3.63, 3.8) is 0 Å². The standard InChI is InChI=1S/C27H45N7O8/c1-14(2)17(30-24(38)41-26(4,5)6)22(37)40-15(3)19(35)16-12-28-20-18(34(16)25(39)42-27(7,8)9)21(36)32-23(31-20)29-13-33(10)11/h13-17,19,35H,12H2,1-11H3,(H,30,38)(H2,28,31,32,36)/b29-13+. The third-order valence-corrected chi connectivity index (χ3v) is 5.72. The van der Waals surface area contributed by atoms with Gasteiger partial charge in [-0.25, -0.2) is 19.4 Å². The van der Waals surface area contributed by atoms with Gasteiger partial charge in [0, 0.05) is 20.6 Å². The Kier molecular flexibility index (Phi) is 10.9. The highest BCUT2D eigenvalue weighted by atomic mass is 16.6. The zero-order valence-corrected chi connectivity index (χ0v) is 26.3. The molecule has 1 aromatic heterocycles. The highest BCUT2D eigenvalue weighted by Gasteiger charge is 2.43. The number of nitrogens with one attached hydrogen (secondary N) is 3. The highest BCUT2D eigenvalue weighted by Crippen LogP contribution is 2.31. The molecule has 1 aliphatic heterocycles. The van der Waals surface area contributed by atoms with Crippen molar-refractivity contribution in [3.05, 3.63) is 10.4 Å². The van der Waals surface area contributed by atoms with E-state index in [4.69, 9.17) is 14.2 Å². The number of hydrogen-bond acceptors (Lipinski definition) is 11. The number of rotatable bonds is 8. The number of anilines is 2. The number of aromatic nitrogens is 2. The van der Waals surface area contributed by atoms with Gasteiger partial charge < -0.3 is 39.8 Å². The van der Waals surface area contributed by atoms with Crippen molar-refractivity contribution in [1.82, 2.24) is 20.2 Å². The zero-order chi connectivity index (χ0) is 32.2. The first-order valence-electron chi connectivity index (χ1n) is 13.7. The lowest BCUT2D eigenvalue weighted by atomic mass is 10.0. The van der Waals surface area contributed by atoms with Gasteiger partial charge in [-0.05, 0) is 54.4 Å². The summed E-state index contributed by atoms with van der Waals surface area (Å²) in [4.78, 5) is 65.5. The number of alkyl carbamates (subject to hydrolysis) is 1. The Bertz CT molecular complexity index is 1220. The fraction of sp³-hybridized carbons (Fsp3) is 0.704. The molecule has 2 heterocycles. The molecule has 15 heteroatoms. The summed E-state index contributed by atoms with van der Waals surface area (Å²) in [5, 5.41) is 16.9. The predicted molar refractivity (Wildman–Crippen MR) is 157 cm³/mol. The number of ether oxygens (including phenoxy) is 3. The molecule has 236 valence electrons. The first-order valence-corrected chi connectivity index (χ1v) is 13.7. The van der Waals surface area contributed by atoms with Crippen LogP contribution in [0.1, 0.15) is 62.3 Å². The number of esters is 1. The lowest BCUT2D eigenvalue weighted by Gasteiger charge is -2.40. The van der Waals surface area contributed by atoms with Crippen LogP contribution in [0.3, 0.4) is 0 Å². The van der Waals surface area contributed by atoms with Crippen molar-refractivity contribution in [1.29, 1.82) is 0 Å². The zero-order valence-electron chi connectivity index (χ0n) is 26.3. The van der Waals surface area contributed by atoms with Gasteiger partial charge in [-0.15, -0.1) is 0 Å². The van der Waals surface area contributed by atoms with E-state index < -0.39 is 59.2 Å². The Balaban J connectivity index is 2.37. The monoisotopic (exact) mass is 595 g/mol. The summed E-state index contributed by atoms with van der Waals surface area (Å²) < 4.78 is 16.4. The summed E-state index contributed by atoms with van der Waals surface area (Å²) in [6.45, 7) is 14.9. The van der Waals surface area contributed by atoms with Crippen LogP contribution in [0.5, 0.6) is 0 Å². The highest BCUT2D eigenvalue weighted by molar-refractivity contribution is 5.93. The van der Waals surface area contributed by atoms with E-state index >= 15 is 0 Å². The second kappa shape index (κ2) is 13.4. The van der Waals surface area contributed by atoms with E-state index in [1.54, 1.807) is 74.4 Å². The summed E-state index contributed by atoms with van der Waals surface area (Å²) >= 11 is 0. The Morgan fingerprint density at radius 2 is 1.71 bits per heavy atom. The average Bonchev–Trinajstić information content (AvgIpc) is 2.82. The van der Waals surface area contributed by atoms with E-state index in [1.807, 2.05) is 0 Å². The van der Waals surface area contributed by atoms with E-state index in [9.17, 15) is 24.3 Å². The summed E-state index contributed by atoms with van der Waals surface area (Å²) in [6, 6.07) is -2.18. The Morgan fingerprint density at radius 1 is 1.12 bits per heavy atom. The van der Waals surface area contributed by atoms with Gasteiger partial charge in [0.2, 0.25) is 5.95 Å². The van der Waals surface area contributed by atoms with Crippen molar-refractivity contribution >= 4 is 41.9 Å². The number of aromatic amines is 1. The van der Waals surface area contributed by atoms with Gasteiger partial charge >= 0.3 is 23.7 Å². The van der Waals surface area contributed by atoms with Crippen LogP contribution in [0.25, 0.3) is 0 Å². The summed E-state index contributed by atoms with van der Waals surface area (Å²) in [5.41, 5.74) is -2.69. The number of aliphatic imine (C=N–C) groups is 1. The summed E-state index contributed by atoms with van der Waals surface area (Å²) in [7, 11) is 3.50. The topological polar surface area (TPSA) is 188 Å². The molecule has 42 heavy (non-hydrogen) atoms. The summed E-state index contributed by atoms with van der Waals surface area (Å²) in [5.74, 6) is -1.02. The minimum atomic E-state index is -1.48. The largest absolute Gasteiger partial charge is 0.458 e. The number of nitrogens with zero attached hydrogens (tertiary/aromatic N) is 4. The van der Waals surface area contributed by atoms with Crippen LogP contribution in [-0.4, -0.2) is 101 Å². The van der Waals surface area contributed by atoms with Crippen LogP contribution in [0.15, 0.2) is 9.79 Å². The minimum Gasteiger partial charge on any atom is -0.458 e. The van der Waals surface area contributed by atoms with Gasteiger partial charge in [0.25, 0.3) is 0 Å². The molecule has 1 aliphatic rings. The van der Waals surface area contributed by atoms with E-state index in [1.165, 1.54) is 13.3 Å². The number of carbonyl (C=O) groups excluding carboxylic acids is 3. The van der Waals surface area contributed by atoms with E-state index in [-0.39, 0.29) is 29.9 Å². The molecule has 4 unspecified atom stereocenters. The number of H-pyrrole nitrogens is 1. The molecule has 2 rings (SSSR count). The van der Waals surface area contributed by atoms with E-state index in [0.717, 1.165) is 4.90 Å². The third kappa shape index (κ3) is 9.60. The minimum absolute atomic E-state index is 0.00241. The molecule has 2 amide bonds. The van der Waals surface area contributed by atoms with Gasteiger partial charge in [-0.2, -0.15) is 4.98 Å². The number of amides is 2. The van der Waals surface area contributed by atoms with Crippen LogP contribution in [0, 0.1) is 5.92 Å². The molecule has 0 aromatic carbocycles. The maximum absolute atomic E-state index is 13.4. The molecule has 0 saturated heterocycles. The smallest absolute Gasteiger partial charge is 0.415 e. The average molecular weight is 596 g/mol. The molecule has 0 aliphatic carbocycles. The fourth-order valence-corrected chi connectivity index (χ4v) is 3.88. The first kappa shape index (κ1) is 34.3. The van der Waals surface area contributed by atoms with E-state index in [0.29, 0.717) is 0 Å². The summed E-state index contributed by atoms with van der Waals surface area (Å²) in [6.07, 6.45) is -2.91. The molecule has 0 fully saturated rings. The molecule has 15 nitrogen and oxygen atoms in total. The van der Waals surface area contributed by atoms with Crippen LogP contribution < -0.4 is 21.1 Å². The van der Waals surface area contributed by atoms with Crippen molar-refractivity contribution in [2.24, 2.45) is 10.9 Å². The first-order chi connectivity index (χ1) is 19.2. The van der Waals surface area contributed by atoms with Crippen molar-refractivity contribution in [3.8, 4) is 0 Å². The maximum atomic E-state index is 13.4. The number of aliphatic hydroxyl groups excluding tert-OH is 1. The molecule has 0 radical (unpaired) electrons. The molecular formula is C27H45N7O8. The SMILES string of the molecule is CC(C)C(NC(=O)OC(C)(C)C)C(=O)OC(C)C(O)C1CNc2[nH]c(/N=C/N(C)C)nc(=O)c2N1C(=O)OC(C)(C)C. The number of hydrogen-bond donors (Lipinski definition) is 4. The van der Waals surface area contributed by atoms with Gasteiger partial charge in [0.1, 0.15) is 35.3 Å². The van der Waals surface area contributed by atoms with Crippen molar-refractivity contribution in [2.45, 2.75) is 97.8 Å². The fourth-order valence-electron chi connectivity index (χ4n) is 3.88. The Labute approximate surface area is 246 Å².